The maximum absolute atomic E-state index is 13.8. The Hall–Kier alpha value is -5.77. The highest BCUT2D eigenvalue weighted by Gasteiger charge is 2.28. The van der Waals surface area contributed by atoms with E-state index in [0.29, 0.717) is 200 Å². The molecule has 444 valence electrons. The van der Waals surface area contributed by atoms with Gasteiger partial charge in [-0.05, 0) is 43.6 Å². The van der Waals surface area contributed by atoms with Crippen molar-refractivity contribution in [2.24, 2.45) is 19.2 Å². The average molecular weight is 1170 g/mol. The van der Waals surface area contributed by atoms with Gasteiger partial charge < -0.3 is 68.1 Å². The van der Waals surface area contributed by atoms with Gasteiger partial charge in [-0.25, -0.2) is 9.97 Å². The fourth-order valence-corrected chi connectivity index (χ4v) is 9.59. The number of carbonyl (C=O) groups is 4. The van der Waals surface area contributed by atoms with E-state index in [4.69, 9.17) is 76.7 Å². The van der Waals surface area contributed by atoms with Crippen LogP contribution in [0.25, 0.3) is 21.6 Å². The van der Waals surface area contributed by atoms with Crippen LogP contribution in [0, 0.1) is 0 Å². The predicted octanol–water partition coefficient (Wildman–Crippen LogP) is 5.55. The van der Waals surface area contributed by atoms with E-state index in [9.17, 15) is 19.2 Å². The number of aromatic nitrogens is 4. The smallest absolute Gasteiger partial charge is 0.303 e. The highest BCUT2D eigenvalue weighted by Crippen LogP contribution is 2.40. The number of nitrogens with zero attached hydrogens (tertiary/aromatic N) is 9. The summed E-state index contributed by atoms with van der Waals surface area (Å²) in [6.07, 6.45) is 3.04. The van der Waals surface area contributed by atoms with Crippen LogP contribution < -0.4 is 16.0 Å². The molecular weight excluding hydrogens is 1100 g/mol. The zero-order valence-electron chi connectivity index (χ0n) is 46.3. The first-order valence-electron chi connectivity index (χ1n) is 27.3. The van der Waals surface area contributed by atoms with E-state index in [2.05, 4.69) is 40.8 Å². The first kappa shape index (κ1) is 64.4. The number of benzene rings is 2. The Morgan fingerprint density at radius 3 is 1.41 bits per heavy atom. The fraction of sp³-hybridized carbons (Fsp3) is 0.593. The van der Waals surface area contributed by atoms with Gasteiger partial charge in [-0.15, -0.1) is 0 Å². The SMILES string of the molecule is Cn1c(C(=O)Nc2cccc(-c3cccc(NC(=O)c4nc5c(n4C)CCN(CCCC(=O)NCCOCCOCCOCCOCCOCCOCCOCCOCCN=[N+]=[N-])C5)c3Cl)c2Cl)nc2c1CCN(CCCC(=O)O)C2. The Morgan fingerprint density at radius 2 is 1.00 bits per heavy atom. The second-order valence-electron chi connectivity index (χ2n) is 18.9. The Kier molecular flexibility index (Phi) is 28.6. The number of carboxylic acid groups (broad SMARTS) is 1. The molecule has 0 spiro atoms. The molecule has 0 radical (unpaired) electrons. The topological polar surface area (TPSA) is 289 Å². The van der Waals surface area contributed by atoms with E-state index in [1.807, 2.05) is 11.6 Å². The Bertz CT molecular complexity index is 2690. The van der Waals surface area contributed by atoms with Crippen molar-refractivity contribution in [2.75, 3.05) is 156 Å². The van der Waals surface area contributed by atoms with Crippen LogP contribution in [0.5, 0.6) is 0 Å². The molecule has 4 N–H and O–H groups in total. The molecule has 0 bridgehead atoms. The van der Waals surface area contributed by atoms with Crippen molar-refractivity contribution in [2.45, 2.75) is 51.6 Å². The van der Waals surface area contributed by atoms with Crippen molar-refractivity contribution in [1.82, 2.24) is 34.2 Å². The van der Waals surface area contributed by atoms with Crippen LogP contribution in [-0.2, 0) is 87.5 Å². The number of aliphatic carboxylic acids is 1. The minimum Gasteiger partial charge on any atom is -0.481 e. The lowest BCUT2D eigenvalue weighted by molar-refractivity contribution is -0.137. The van der Waals surface area contributed by atoms with E-state index >= 15 is 0 Å². The number of nitrogens with one attached hydrogen (secondary N) is 3. The number of hydrogen-bond acceptors (Lipinski definition) is 17. The van der Waals surface area contributed by atoms with Crippen molar-refractivity contribution in [3.05, 3.63) is 91.3 Å². The van der Waals surface area contributed by atoms with Gasteiger partial charge in [0.25, 0.3) is 11.8 Å². The number of ether oxygens (including phenoxy) is 8. The standard InChI is InChI=1S/C54H76Cl2N12O13/c1-65-45-13-19-67(17-5-11-47(69)58-15-21-74-23-25-76-27-29-78-31-33-80-35-36-81-34-32-79-30-28-77-26-24-75-22-16-59-64-57)37-43(45)60-51(65)53(72)62-41-9-3-7-39(49(41)55)40-8-4-10-42(50(40)56)63-54(73)52-61-44-38-68(18-6-12-48(70)71)20-14-46(44)66(52)2/h3-4,7-10H,5-6,11-38H2,1-2H3,(H,58,69)(H,62,72)(H,63,73)(H,70,71). The van der Waals surface area contributed by atoms with Crippen LogP contribution in [0.15, 0.2) is 41.5 Å². The molecule has 2 aliphatic heterocycles. The third kappa shape index (κ3) is 21.5. The number of amides is 3. The van der Waals surface area contributed by atoms with Gasteiger partial charge in [-0.1, -0.05) is 52.6 Å². The molecule has 27 heteroatoms. The Labute approximate surface area is 481 Å². The Balaban J connectivity index is 0.795. The molecule has 4 aromatic rings. The summed E-state index contributed by atoms with van der Waals surface area (Å²) >= 11 is 13.9. The first-order chi connectivity index (χ1) is 39.4. The third-order valence-corrected chi connectivity index (χ3v) is 14.0. The first-order valence-corrected chi connectivity index (χ1v) is 28.1. The number of carbonyl (C=O) groups excluding carboxylic acids is 3. The fourth-order valence-electron chi connectivity index (χ4n) is 9.04. The van der Waals surface area contributed by atoms with Gasteiger partial charge >= 0.3 is 5.97 Å². The molecule has 0 saturated heterocycles. The summed E-state index contributed by atoms with van der Waals surface area (Å²) in [4.78, 5) is 67.5. The van der Waals surface area contributed by atoms with Crippen molar-refractivity contribution in [1.29, 1.82) is 0 Å². The van der Waals surface area contributed by atoms with Gasteiger partial charge in [0.1, 0.15) is 0 Å². The summed E-state index contributed by atoms with van der Waals surface area (Å²) in [7, 11) is 3.63. The number of halogens is 2. The summed E-state index contributed by atoms with van der Waals surface area (Å²) in [5.74, 6) is -1.26. The second-order valence-corrected chi connectivity index (χ2v) is 19.6. The molecule has 2 aliphatic rings. The highest BCUT2D eigenvalue weighted by atomic mass is 35.5. The van der Waals surface area contributed by atoms with E-state index in [0.717, 1.165) is 35.9 Å². The number of imidazole rings is 2. The van der Waals surface area contributed by atoms with Crippen LogP contribution in [0.3, 0.4) is 0 Å². The molecule has 6 rings (SSSR count). The van der Waals surface area contributed by atoms with Gasteiger partial charge in [0.2, 0.25) is 5.91 Å². The molecule has 0 aliphatic carbocycles. The summed E-state index contributed by atoms with van der Waals surface area (Å²) in [6.45, 7) is 11.6. The van der Waals surface area contributed by atoms with Gasteiger partial charge in [-0.3, -0.25) is 29.0 Å². The number of carboxylic acids is 1. The molecule has 0 fully saturated rings. The third-order valence-electron chi connectivity index (χ3n) is 13.2. The lowest BCUT2D eigenvalue weighted by Crippen LogP contribution is -2.33. The number of azide groups is 1. The van der Waals surface area contributed by atoms with Crippen molar-refractivity contribution < 1.29 is 62.2 Å². The van der Waals surface area contributed by atoms with Gasteiger partial charge in [-0.2, -0.15) is 0 Å². The average Bonchev–Trinajstić information content (AvgIpc) is 4.00. The van der Waals surface area contributed by atoms with Crippen molar-refractivity contribution in [3.8, 4) is 11.1 Å². The zero-order valence-corrected chi connectivity index (χ0v) is 47.8. The van der Waals surface area contributed by atoms with Crippen LogP contribution in [0.4, 0.5) is 11.4 Å². The van der Waals surface area contributed by atoms with Crippen LogP contribution >= 0.6 is 23.2 Å². The molecule has 2 aromatic carbocycles. The van der Waals surface area contributed by atoms with Crippen LogP contribution in [-0.4, -0.2) is 203 Å². The van der Waals surface area contributed by atoms with Gasteiger partial charge in [0.15, 0.2) is 11.6 Å². The van der Waals surface area contributed by atoms with Crippen LogP contribution in [0.1, 0.15) is 69.7 Å². The van der Waals surface area contributed by atoms with Crippen LogP contribution in [0.2, 0.25) is 10.0 Å². The molecule has 2 aromatic heterocycles. The summed E-state index contributed by atoms with van der Waals surface area (Å²) < 4.78 is 47.3. The largest absolute Gasteiger partial charge is 0.481 e. The molecule has 3 amide bonds. The maximum atomic E-state index is 13.8. The Morgan fingerprint density at radius 1 is 0.605 bits per heavy atom. The van der Waals surface area contributed by atoms with E-state index < -0.39 is 17.8 Å². The van der Waals surface area contributed by atoms with E-state index in [1.165, 1.54) is 0 Å². The summed E-state index contributed by atoms with van der Waals surface area (Å²) in [5, 5.41) is 21.7. The van der Waals surface area contributed by atoms with Gasteiger partial charge in [0.05, 0.1) is 139 Å². The van der Waals surface area contributed by atoms with Crippen molar-refractivity contribution >= 4 is 58.3 Å². The maximum Gasteiger partial charge on any atom is 0.303 e. The molecular formula is C54H76Cl2N12O13. The number of anilines is 2. The van der Waals surface area contributed by atoms with Gasteiger partial charge in [0, 0.05) is 106 Å². The molecule has 0 saturated carbocycles. The highest BCUT2D eigenvalue weighted by molar-refractivity contribution is 6.40. The number of rotatable bonds is 40. The van der Waals surface area contributed by atoms with E-state index in [-0.39, 0.29) is 34.0 Å². The summed E-state index contributed by atoms with van der Waals surface area (Å²) in [5.41, 5.74) is 13.5. The minimum absolute atomic E-state index is 0.0489. The molecule has 81 heavy (non-hydrogen) atoms. The molecule has 0 atom stereocenters. The monoisotopic (exact) mass is 1170 g/mol. The quantitative estimate of drug-likeness (QED) is 0.0184. The zero-order chi connectivity index (χ0) is 57.6. The molecule has 4 heterocycles. The lowest BCUT2D eigenvalue weighted by atomic mass is 10.0. The normalized spacial score (nSPS) is 13.4. The lowest BCUT2D eigenvalue weighted by Gasteiger charge is -2.26. The number of fused-ring (bicyclic) bond motifs is 2. The molecule has 25 nitrogen and oxygen atoms in total. The molecule has 0 unspecified atom stereocenters. The second kappa shape index (κ2) is 35.9. The summed E-state index contributed by atoms with van der Waals surface area (Å²) in [6, 6.07) is 10.5. The minimum atomic E-state index is -0.825. The van der Waals surface area contributed by atoms with Crippen molar-refractivity contribution in [3.63, 3.8) is 0 Å². The number of hydrogen-bond donors (Lipinski definition) is 4. The predicted molar refractivity (Wildman–Crippen MR) is 302 cm³/mol. The van der Waals surface area contributed by atoms with E-state index in [1.54, 1.807) is 48.0 Å².